The predicted octanol–water partition coefficient (Wildman–Crippen LogP) is 5.64. The van der Waals surface area contributed by atoms with Crippen molar-refractivity contribution in [3.8, 4) is 5.69 Å². The van der Waals surface area contributed by atoms with Crippen LogP contribution in [0.3, 0.4) is 0 Å². The Labute approximate surface area is 139 Å². The molecule has 0 saturated carbocycles. The zero-order valence-corrected chi connectivity index (χ0v) is 13.7. The monoisotopic (exact) mass is 326 g/mol. The van der Waals surface area contributed by atoms with Crippen LogP contribution in [0, 0.1) is 19.7 Å². The van der Waals surface area contributed by atoms with E-state index >= 15 is 0 Å². The first-order valence-corrected chi connectivity index (χ1v) is 7.67. The number of rotatable bonds is 3. The highest BCUT2D eigenvalue weighted by atomic mass is 35.5. The van der Waals surface area contributed by atoms with Gasteiger partial charge in [0.2, 0.25) is 0 Å². The van der Waals surface area contributed by atoms with Gasteiger partial charge < -0.3 is 4.57 Å². The van der Waals surface area contributed by atoms with Crippen molar-refractivity contribution in [2.24, 2.45) is 4.99 Å². The quantitative estimate of drug-likeness (QED) is 0.554. The summed E-state index contributed by atoms with van der Waals surface area (Å²) in [4.78, 5) is 4.41. The van der Waals surface area contributed by atoms with Crippen LogP contribution in [0.25, 0.3) is 5.69 Å². The summed E-state index contributed by atoms with van der Waals surface area (Å²) < 4.78 is 15.1. The molecule has 3 aromatic rings. The van der Waals surface area contributed by atoms with E-state index in [0.29, 0.717) is 5.02 Å². The molecule has 0 spiro atoms. The molecule has 2 aromatic carbocycles. The molecule has 4 heteroatoms. The first-order valence-electron chi connectivity index (χ1n) is 7.29. The Bertz CT molecular complexity index is 846. The van der Waals surface area contributed by atoms with Gasteiger partial charge >= 0.3 is 0 Å². The minimum atomic E-state index is -0.259. The van der Waals surface area contributed by atoms with Gasteiger partial charge in [0.1, 0.15) is 5.82 Å². The van der Waals surface area contributed by atoms with Gasteiger partial charge in [0.05, 0.1) is 5.69 Å². The van der Waals surface area contributed by atoms with E-state index in [2.05, 4.69) is 22.5 Å². The van der Waals surface area contributed by atoms with E-state index in [4.69, 9.17) is 11.6 Å². The first kappa shape index (κ1) is 15.5. The Morgan fingerprint density at radius 2 is 1.65 bits per heavy atom. The molecule has 0 fully saturated rings. The molecular weight excluding hydrogens is 311 g/mol. The smallest absolute Gasteiger partial charge is 0.123 e. The van der Waals surface area contributed by atoms with Crippen LogP contribution in [-0.2, 0) is 0 Å². The van der Waals surface area contributed by atoms with E-state index in [1.807, 2.05) is 37.4 Å². The SMILES string of the molecule is Cc1cc(C=Nc2ccc(F)cc2)c(C)n1-c1ccc(Cl)cc1. The minimum Gasteiger partial charge on any atom is -0.318 e. The standard InChI is InChI=1S/C19H16ClFN2/c1-13-11-15(12-22-18-7-5-17(21)6-8-18)14(2)23(13)19-9-3-16(20)4-10-19/h3-12H,1-2H3. The fourth-order valence-electron chi connectivity index (χ4n) is 2.58. The van der Waals surface area contributed by atoms with Crippen LogP contribution in [0.15, 0.2) is 59.6 Å². The molecule has 0 N–H and O–H groups in total. The highest BCUT2D eigenvalue weighted by molar-refractivity contribution is 6.30. The molecule has 0 atom stereocenters. The molecule has 0 aliphatic heterocycles. The van der Waals surface area contributed by atoms with Crippen molar-refractivity contribution < 1.29 is 4.39 Å². The lowest BCUT2D eigenvalue weighted by Gasteiger charge is -2.09. The van der Waals surface area contributed by atoms with E-state index in [1.54, 1.807) is 12.1 Å². The summed E-state index contributed by atoms with van der Waals surface area (Å²) in [7, 11) is 0. The summed E-state index contributed by atoms with van der Waals surface area (Å²) >= 11 is 5.96. The molecule has 0 unspecified atom stereocenters. The van der Waals surface area contributed by atoms with E-state index in [9.17, 15) is 4.39 Å². The van der Waals surface area contributed by atoms with Crippen molar-refractivity contribution in [2.45, 2.75) is 13.8 Å². The predicted molar refractivity (Wildman–Crippen MR) is 93.9 cm³/mol. The second-order valence-electron chi connectivity index (χ2n) is 5.37. The molecule has 3 rings (SSSR count). The van der Waals surface area contributed by atoms with Crippen molar-refractivity contribution in [2.75, 3.05) is 0 Å². The van der Waals surface area contributed by atoms with Crippen LogP contribution < -0.4 is 0 Å². The molecule has 0 bridgehead atoms. The van der Waals surface area contributed by atoms with Gasteiger partial charge in [-0.3, -0.25) is 4.99 Å². The van der Waals surface area contributed by atoms with Crippen molar-refractivity contribution in [1.29, 1.82) is 0 Å². The van der Waals surface area contributed by atoms with E-state index in [-0.39, 0.29) is 5.82 Å². The average Bonchev–Trinajstić information content (AvgIpc) is 2.82. The molecule has 1 aromatic heterocycles. The van der Waals surface area contributed by atoms with Gasteiger partial charge in [-0.2, -0.15) is 0 Å². The molecule has 0 radical (unpaired) electrons. The third-order valence-electron chi connectivity index (χ3n) is 3.73. The Balaban J connectivity index is 1.94. The second kappa shape index (κ2) is 6.39. The zero-order valence-electron chi connectivity index (χ0n) is 12.9. The van der Waals surface area contributed by atoms with E-state index < -0.39 is 0 Å². The Morgan fingerprint density at radius 3 is 2.30 bits per heavy atom. The van der Waals surface area contributed by atoms with E-state index in [0.717, 1.165) is 28.3 Å². The van der Waals surface area contributed by atoms with Gasteiger partial charge in [0.15, 0.2) is 0 Å². The van der Waals surface area contributed by atoms with Gasteiger partial charge in [-0.1, -0.05) is 11.6 Å². The topological polar surface area (TPSA) is 17.3 Å². The summed E-state index contributed by atoms with van der Waals surface area (Å²) in [6, 6.07) is 15.9. The van der Waals surface area contributed by atoms with Gasteiger partial charge in [-0.05, 0) is 68.4 Å². The van der Waals surface area contributed by atoms with Crippen LogP contribution in [0.4, 0.5) is 10.1 Å². The molecule has 0 saturated heterocycles. The number of aliphatic imine (C=N–C) groups is 1. The van der Waals surface area contributed by atoms with Crippen molar-refractivity contribution >= 4 is 23.5 Å². The van der Waals surface area contributed by atoms with E-state index in [1.165, 1.54) is 12.1 Å². The number of hydrogen-bond acceptors (Lipinski definition) is 1. The van der Waals surface area contributed by atoms with Gasteiger partial charge in [-0.15, -0.1) is 0 Å². The van der Waals surface area contributed by atoms with Crippen LogP contribution in [0.5, 0.6) is 0 Å². The third kappa shape index (κ3) is 3.35. The van der Waals surface area contributed by atoms with Crippen LogP contribution >= 0.6 is 11.6 Å². The Morgan fingerprint density at radius 1 is 1.00 bits per heavy atom. The first-order chi connectivity index (χ1) is 11.0. The number of hydrogen-bond donors (Lipinski definition) is 0. The minimum absolute atomic E-state index is 0.259. The van der Waals surface area contributed by atoms with Crippen molar-refractivity contribution in [3.05, 3.63) is 82.4 Å². The number of aryl methyl sites for hydroxylation is 1. The maximum absolute atomic E-state index is 12.9. The summed E-state index contributed by atoms with van der Waals surface area (Å²) in [5, 5.41) is 0.717. The molecule has 23 heavy (non-hydrogen) atoms. The average molecular weight is 327 g/mol. The second-order valence-corrected chi connectivity index (χ2v) is 5.81. The Hall–Kier alpha value is -2.39. The molecular formula is C19H16ClFN2. The lowest BCUT2D eigenvalue weighted by Crippen LogP contribution is -1.99. The molecule has 0 aliphatic carbocycles. The summed E-state index contributed by atoms with van der Waals surface area (Å²) in [6.45, 7) is 4.10. The zero-order chi connectivity index (χ0) is 16.4. The fraction of sp³-hybridized carbons (Fsp3) is 0.105. The lowest BCUT2D eigenvalue weighted by molar-refractivity contribution is 0.628. The highest BCUT2D eigenvalue weighted by Crippen LogP contribution is 2.22. The van der Waals surface area contributed by atoms with Crippen LogP contribution in [-0.4, -0.2) is 10.8 Å². The third-order valence-corrected chi connectivity index (χ3v) is 3.99. The van der Waals surface area contributed by atoms with Crippen molar-refractivity contribution in [3.63, 3.8) is 0 Å². The molecule has 2 nitrogen and oxygen atoms in total. The number of benzene rings is 2. The largest absolute Gasteiger partial charge is 0.318 e. The Kier molecular flexibility index (Phi) is 4.30. The number of aromatic nitrogens is 1. The summed E-state index contributed by atoms with van der Waals surface area (Å²) in [6.07, 6.45) is 1.81. The van der Waals surface area contributed by atoms with Crippen LogP contribution in [0.2, 0.25) is 5.02 Å². The number of nitrogens with zero attached hydrogens (tertiary/aromatic N) is 2. The highest BCUT2D eigenvalue weighted by Gasteiger charge is 2.09. The van der Waals surface area contributed by atoms with Gasteiger partial charge in [0, 0.05) is 33.9 Å². The number of halogens is 2. The maximum atomic E-state index is 12.9. The summed E-state index contributed by atoms with van der Waals surface area (Å²) in [5.74, 6) is -0.259. The molecule has 0 aliphatic rings. The van der Waals surface area contributed by atoms with Crippen LogP contribution in [0.1, 0.15) is 17.0 Å². The van der Waals surface area contributed by atoms with Crippen molar-refractivity contribution in [1.82, 2.24) is 4.57 Å². The van der Waals surface area contributed by atoms with Gasteiger partial charge in [-0.25, -0.2) is 4.39 Å². The molecule has 0 amide bonds. The summed E-state index contributed by atoms with van der Waals surface area (Å²) in [5.41, 5.74) is 5.02. The fourth-order valence-corrected chi connectivity index (χ4v) is 2.70. The molecule has 116 valence electrons. The lowest BCUT2D eigenvalue weighted by atomic mass is 10.2. The normalized spacial score (nSPS) is 11.3. The molecule has 1 heterocycles. The maximum Gasteiger partial charge on any atom is 0.123 e. The van der Waals surface area contributed by atoms with Gasteiger partial charge in [0.25, 0.3) is 0 Å².